The minimum atomic E-state index is -0.283. The Morgan fingerprint density at radius 1 is 0.893 bits per heavy atom. The highest BCUT2D eigenvalue weighted by Crippen LogP contribution is 2.26. The fourth-order valence-corrected chi connectivity index (χ4v) is 2.82. The van der Waals surface area contributed by atoms with Crippen LogP contribution in [0.25, 0.3) is 0 Å². The maximum atomic E-state index is 12.5. The summed E-state index contributed by atoms with van der Waals surface area (Å²) in [6.45, 7) is 8.03. The van der Waals surface area contributed by atoms with E-state index in [4.69, 9.17) is 4.74 Å². The van der Waals surface area contributed by atoms with E-state index in [2.05, 4.69) is 10.6 Å². The van der Waals surface area contributed by atoms with Gasteiger partial charge >= 0.3 is 0 Å². The van der Waals surface area contributed by atoms with E-state index in [0.717, 1.165) is 28.0 Å². The van der Waals surface area contributed by atoms with Gasteiger partial charge in [-0.2, -0.15) is 0 Å². The predicted octanol–water partition coefficient (Wildman–Crippen LogP) is 3.44. The molecule has 0 aliphatic rings. The molecule has 0 saturated heterocycles. The van der Waals surface area contributed by atoms with Gasteiger partial charge in [-0.25, -0.2) is 0 Å². The minimum absolute atomic E-state index is 0.107. The van der Waals surface area contributed by atoms with Crippen LogP contribution in [0.5, 0.6) is 5.75 Å². The van der Waals surface area contributed by atoms with Crippen LogP contribution in [0, 0.1) is 27.7 Å². The Morgan fingerprint density at radius 2 is 1.54 bits per heavy atom. The molecule has 2 aromatic carbocycles. The summed E-state index contributed by atoms with van der Waals surface area (Å²) in [5, 5.41) is 5.68. The smallest absolute Gasteiger partial charge is 0.262 e. The molecule has 6 nitrogen and oxygen atoms in total. The van der Waals surface area contributed by atoms with Crippen molar-refractivity contribution in [3.05, 3.63) is 52.6 Å². The molecule has 0 aliphatic carbocycles. The van der Waals surface area contributed by atoms with E-state index in [0.29, 0.717) is 11.4 Å². The zero-order valence-electron chi connectivity index (χ0n) is 17.5. The number of carbonyl (C=O) groups is 2. The highest BCUT2D eigenvalue weighted by Gasteiger charge is 2.13. The second kappa shape index (κ2) is 9.37. The molecule has 0 heterocycles. The fraction of sp³-hybridized carbons (Fsp3) is 0.364. The number of hydrogen-bond donors (Lipinski definition) is 2. The monoisotopic (exact) mass is 383 g/mol. The fourth-order valence-electron chi connectivity index (χ4n) is 2.82. The summed E-state index contributed by atoms with van der Waals surface area (Å²) in [5.41, 5.74) is 5.23. The molecule has 0 unspecified atom stereocenters. The van der Waals surface area contributed by atoms with Crippen molar-refractivity contribution in [3.8, 4) is 5.75 Å². The Balaban J connectivity index is 2.08. The van der Waals surface area contributed by atoms with E-state index in [1.54, 1.807) is 11.0 Å². The first-order chi connectivity index (χ1) is 13.2. The van der Waals surface area contributed by atoms with Crippen molar-refractivity contribution in [3.63, 3.8) is 0 Å². The molecule has 0 aliphatic heterocycles. The zero-order chi connectivity index (χ0) is 20.8. The number of hydrogen-bond acceptors (Lipinski definition) is 4. The standard InChI is InChI=1S/C22H29N3O3/c1-14-7-10-18(23-20(26)12-25(5)6)19(11-14)24-21(27)13-28-22-16(3)9-8-15(2)17(22)4/h7-11H,12-13H2,1-6H3,(H,23,26)(H,24,27). The predicted molar refractivity (Wildman–Crippen MR) is 113 cm³/mol. The van der Waals surface area contributed by atoms with Gasteiger partial charge in [0.25, 0.3) is 5.91 Å². The molecule has 28 heavy (non-hydrogen) atoms. The van der Waals surface area contributed by atoms with E-state index in [9.17, 15) is 9.59 Å². The average Bonchev–Trinajstić information content (AvgIpc) is 2.60. The van der Waals surface area contributed by atoms with Crippen LogP contribution in [0.15, 0.2) is 30.3 Å². The molecular weight excluding hydrogens is 354 g/mol. The number of nitrogens with zero attached hydrogens (tertiary/aromatic N) is 1. The van der Waals surface area contributed by atoms with Crippen molar-refractivity contribution in [1.82, 2.24) is 4.90 Å². The van der Waals surface area contributed by atoms with E-state index in [1.807, 2.05) is 66.1 Å². The Labute approximate surface area is 166 Å². The zero-order valence-corrected chi connectivity index (χ0v) is 17.5. The quantitative estimate of drug-likeness (QED) is 0.768. The molecule has 0 bridgehead atoms. The molecule has 0 atom stereocenters. The second-order valence-electron chi connectivity index (χ2n) is 7.33. The number of likely N-dealkylation sites (N-methyl/N-ethyl adjacent to an activating group) is 1. The highest BCUT2D eigenvalue weighted by atomic mass is 16.5. The lowest BCUT2D eigenvalue weighted by Gasteiger charge is -2.16. The Hall–Kier alpha value is -2.86. The van der Waals surface area contributed by atoms with Crippen LogP contribution in [0.2, 0.25) is 0 Å². The third-order valence-electron chi connectivity index (χ3n) is 4.40. The van der Waals surface area contributed by atoms with E-state index < -0.39 is 0 Å². The first kappa shape index (κ1) is 21.4. The van der Waals surface area contributed by atoms with Gasteiger partial charge in [-0.3, -0.25) is 9.59 Å². The summed E-state index contributed by atoms with van der Waals surface area (Å²) in [5.74, 6) is 0.305. The summed E-state index contributed by atoms with van der Waals surface area (Å²) in [6, 6.07) is 9.51. The van der Waals surface area contributed by atoms with E-state index in [1.165, 1.54) is 0 Å². The maximum Gasteiger partial charge on any atom is 0.262 e. The van der Waals surface area contributed by atoms with E-state index >= 15 is 0 Å². The molecule has 2 aromatic rings. The van der Waals surface area contributed by atoms with Gasteiger partial charge in [-0.1, -0.05) is 18.2 Å². The lowest BCUT2D eigenvalue weighted by atomic mass is 10.1. The number of benzene rings is 2. The summed E-state index contributed by atoms with van der Waals surface area (Å²) in [7, 11) is 3.65. The van der Waals surface area contributed by atoms with Crippen LogP contribution in [-0.2, 0) is 9.59 Å². The molecule has 0 fully saturated rings. The first-order valence-corrected chi connectivity index (χ1v) is 9.22. The molecule has 0 aromatic heterocycles. The Morgan fingerprint density at radius 3 is 2.21 bits per heavy atom. The summed E-state index contributed by atoms with van der Waals surface area (Å²) in [6.07, 6.45) is 0. The topological polar surface area (TPSA) is 70.7 Å². The van der Waals surface area contributed by atoms with Crippen LogP contribution < -0.4 is 15.4 Å². The van der Waals surface area contributed by atoms with E-state index in [-0.39, 0.29) is 25.0 Å². The largest absolute Gasteiger partial charge is 0.483 e. The first-order valence-electron chi connectivity index (χ1n) is 9.22. The lowest BCUT2D eigenvalue weighted by molar-refractivity contribution is -0.118. The molecule has 0 saturated carbocycles. The van der Waals surface area contributed by atoms with Gasteiger partial charge in [0.2, 0.25) is 5.91 Å². The minimum Gasteiger partial charge on any atom is -0.483 e. The van der Waals surface area contributed by atoms with Gasteiger partial charge in [0.05, 0.1) is 17.9 Å². The lowest BCUT2D eigenvalue weighted by Crippen LogP contribution is -2.28. The van der Waals surface area contributed by atoms with Crippen LogP contribution in [0.4, 0.5) is 11.4 Å². The number of nitrogens with one attached hydrogen (secondary N) is 2. The SMILES string of the molecule is Cc1ccc(NC(=O)CN(C)C)c(NC(=O)COc2c(C)ccc(C)c2C)c1. The van der Waals surface area contributed by atoms with Crippen LogP contribution >= 0.6 is 0 Å². The third kappa shape index (κ3) is 5.82. The van der Waals surface area contributed by atoms with Gasteiger partial charge in [0.1, 0.15) is 5.75 Å². The Bertz CT molecular complexity index is 876. The summed E-state index contributed by atoms with van der Waals surface area (Å²) >= 11 is 0. The third-order valence-corrected chi connectivity index (χ3v) is 4.40. The molecular formula is C22H29N3O3. The molecule has 150 valence electrons. The number of amides is 2. The van der Waals surface area contributed by atoms with Crippen molar-refractivity contribution < 1.29 is 14.3 Å². The second-order valence-corrected chi connectivity index (χ2v) is 7.33. The van der Waals surface area contributed by atoms with Gasteiger partial charge in [0, 0.05) is 0 Å². The molecule has 2 rings (SSSR count). The summed E-state index contributed by atoms with van der Waals surface area (Å²) < 4.78 is 5.78. The normalized spacial score (nSPS) is 10.7. The number of anilines is 2. The van der Waals surface area contributed by atoms with Gasteiger partial charge in [-0.15, -0.1) is 0 Å². The number of rotatable bonds is 7. The van der Waals surface area contributed by atoms with Gasteiger partial charge < -0.3 is 20.3 Å². The van der Waals surface area contributed by atoms with Gasteiger partial charge in [-0.05, 0) is 76.2 Å². The molecule has 0 spiro atoms. The van der Waals surface area contributed by atoms with Crippen molar-refractivity contribution in [2.24, 2.45) is 0 Å². The average molecular weight is 383 g/mol. The van der Waals surface area contributed by atoms with Crippen molar-refractivity contribution in [2.75, 3.05) is 37.9 Å². The van der Waals surface area contributed by atoms with Crippen LogP contribution in [-0.4, -0.2) is 44.0 Å². The van der Waals surface area contributed by atoms with Crippen molar-refractivity contribution in [2.45, 2.75) is 27.7 Å². The summed E-state index contributed by atoms with van der Waals surface area (Å²) in [4.78, 5) is 26.3. The van der Waals surface area contributed by atoms with Crippen LogP contribution in [0.1, 0.15) is 22.3 Å². The molecule has 2 amide bonds. The van der Waals surface area contributed by atoms with Gasteiger partial charge in [0.15, 0.2) is 6.61 Å². The Kier molecular flexibility index (Phi) is 7.18. The molecule has 6 heteroatoms. The maximum absolute atomic E-state index is 12.5. The molecule has 0 radical (unpaired) electrons. The number of ether oxygens (including phenoxy) is 1. The van der Waals surface area contributed by atoms with Crippen molar-refractivity contribution >= 4 is 23.2 Å². The highest BCUT2D eigenvalue weighted by molar-refractivity contribution is 6.00. The number of carbonyl (C=O) groups excluding carboxylic acids is 2. The number of aryl methyl sites for hydroxylation is 3. The van der Waals surface area contributed by atoms with Crippen LogP contribution in [0.3, 0.4) is 0 Å². The van der Waals surface area contributed by atoms with Crippen molar-refractivity contribution in [1.29, 1.82) is 0 Å². The molecule has 2 N–H and O–H groups in total.